The number of thiazole rings is 1. The van der Waals surface area contributed by atoms with Gasteiger partial charge in [-0.05, 0) is 37.6 Å². The molecule has 118 valence electrons. The summed E-state index contributed by atoms with van der Waals surface area (Å²) in [5, 5.41) is 2.10. The molecule has 5 nitrogen and oxygen atoms in total. The third-order valence-electron chi connectivity index (χ3n) is 3.27. The van der Waals surface area contributed by atoms with Crippen LogP contribution in [-0.4, -0.2) is 18.4 Å². The highest BCUT2D eigenvalue weighted by Gasteiger charge is 2.18. The van der Waals surface area contributed by atoms with Crippen molar-refractivity contribution in [3.05, 3.63) is 59.1 Å². The summed E-state index contributed by atoms with van der Waals surface area (Å²) < 4.78 is 27.6. The Hall–Kier alpha value is -2.25. The molecule has 0 bridgehead atoms. The van der Waals surface area contributed by atoms with E-state index in [9.17, 15) is 8.42 Å². The van der Waals surface area contributed by atoms with Crippen molar-refractivity contribution in [2.75, 3.05) is 4.72 Å². The van der Waals surface area contributed by atoms with E-state index in [1.165, 1.54) is 11.3 Å². The standard InChI is InChI=1S/C16H15N3O2S2/c1-11-6-7-15(12(2)9-11)23(20,21)19-16-18-14(10-22-16)13-5-3-4-8-17-13/h3-10H,1-2H3,(H,18,19). The maximum atomic E-state index is 12.5. The van der Waals surface area contributed by atoms with Gasteiger partial charge in [0.15, 0.2) is 5.13 Å². The molecule has 0 spiro atoms. The van der Waals surface area contributed by atoms with Crippen LogP contribution < -0.4 is 4.72 Å². The molecular formula is C16H15N3O2S2. The van der Waals surface area contributed by atoms with Crippen molar-refractivity contribution in [1.29, 1.82) is 0 Å². The first kappa shape index (κ1) is 15.6. The van der Waals surface area contributed by atoms with Crippen LogP contribution in [0.4, 0.5) is 5.13 Å². The minimum absolute atomic E-state index is 0.262. The number of aryl methyl sites for hydroxylation is 2. The monoisotopic (exact) mass is 345 g/mol. The smallest absolute Gasteiger partial charge is 0.255 e. The van der Waals surface area contributed by atoms with E-state index in [0.717, 1.165) is 5.56 Å². The SMILES string of the molecule is Cc1ccc(S(=O)(=O)Nc2nc(-c3ccccn3)cs2)c(C)c1. The van der Waals surface area contributed by atoms with Gasteiger partial charge in [0.25, 0.3) is 10.0 Å². The van der Waals surface area contributed by atoms with E-state index >= 15 is 0 Å². The molecular weight excluding hydrogens is 330 g/mol. The van der Waals surface area contributed by atoms with Crippen LogP contribution in [0.5, 0.6) is 0 Å². The molecule has 0 aliphatic rings. The van der Waals surface area contributed by atoms with Gasteiger partial charge in [-0.15, -0.1) is 11.3 Å². The van der Waals surface area contributed by atoms with E-state index in [4.69, 9.17) is 0 Å². The predicted octanol–water partition coefficient (Wildman–Crippen LogP) is 3.62. The second-order valence-electron chi connectivity index (χ2n) is 5.13. The molecule has 2 aromatic heterocycles. The minimum atomic E-state index is -3.65. The third kappa shape index (κ3) is 3.40. The molecule has 0 aliphatic heterocycles. The van der Waals surface area contributed by atoms with E-state index in [0.29, 0.717) is 22.1 Å². The molecule has 0 aliphatic carbocycles. The zero-order chi connectivity index (χ0) is 16.4. The molecule has 0 saturated heterocycles. The summed E-state index contributed by atoms with van der Waals surface area (Å²) in [6.45, 7) is 3.71. The number of nitrogens with one attached hydrogen (secondary N) is 1. The van der Waals surface area contributed by atoms with Gasteiger partial charge in [0, 0.05) is 11.6 Å². The lowest BCUT2D eigenvalue weighted by atomic mass is 10.2. The van der Waals surface area contributed by atoms with Crippen LogP contribution in [0.1, 0.15) is 11.1 Å². The minimum Gasteiger partial charge on any atom is -0.255 e. The number of nitrogens with zero attached hydrogens (tertiary/aromatic N) is 2. The van der Waals surface area contributed by atoms with Gasteiger partial charge in [-0.25, -0.2) is 13.4 Å². The van der Waals surface area contributed by atoms with Gasteiger partial charge in [0.2, 0.25) is 0 Å². The van der Waals surface area contributed by atoms with Crippen LogP contribution in [0, 0.1) is 13.8 Å². The third-order valence-corrected chi connectivity index (χ3v) is 5.66. The lowest BCUT2D eigenvalue weighted by molar-refractivity contribution is 0.600. The van der Waals surface area contributed by atoms with E-state index < -0.39 is 10.0 Å². The van der Waals surface area contributed by atoms with Gasteiger partial charge in [-0.3, -0.25) is 9.71 Å². The first-order valence-electron chi connectivity index (χ1n) is 6.93. The number of pyridine rings is 1. The number of rotatable bonds is 4. The Morgan fingerprint density at radius 1 is 1.09 bits per heavy atom. The summed E-state index contributed by atoms with van der Waals surface area (Å²) in [7, 11) is -3.65. The van der Waals surface area contributed by atoms with Gasteiger partial charge in [0.05, 0.1) is 10.6 Å². The average Bonchev–Trinajstić information content (AvgIpc) is 2.95. The molecule has 0 amide bonds. The zero-order valence-electron chi connectivity index (χ0n) is 12.6. The van der Waals surface area contributed by atoms with Crippen LogP contribution in [0.15, 0.2) is 52.9 Å². The van der Waals surface area contributed by atoms with Crippen molar-refractivity contribution in [1.82, 2.24) is 9.97 Å². The Morgan fingerprint density at radius 2 is 1.91 bits per heavy atom. The van der Waals surface area contributed by atoms with Gasteiger partial charge in [0.1, 0.15) is 5.69 Å². The van der Waals surface area contributed by atoms with Crippen LogP contribution in [0.2, 0.25) is 0 Å². The lowest BCUT2D eigenvalue weighted by Crippen LogP contribution is -2.14. The highest BCUT2D eigenvalue weighted by molar-refractivity contribution is 7.93. The van der Waals surface area contributed by atoms with Crippen molar-refractivity contribution < 1.29 is 8.42 Å². The first-order valence-corrected chi connectivity index (χ1v) is 9.29. The number of benzene rings is 1. The van der Waals surface area contributed by atoms with Crippen LogP contribution in [-0.2, 0) is 10.0 Å². The molecule has 1 aromatic carbocycles. The van der Waals surface area contributed by atoms with Gasteiger partial charge < -0.3 is 0 Å². The van der Waals surface area contributed by atoms with Crippen molar-refractivity contribution in [3.63, 3.8) is 0 Å². The Morgan fingerprint density at radius 3 is 2.61 bits per heavy atom. The fourth-order valence-electron chi connectivity index (χ4n) is 2.22. The fraction of sp³-hybridized carbons (Fsp3) is 0.125. The zero-order valence-corrected chi connectivity index (χ0v) is 14.3. The molecule has 23 heavy (non-hydrogen) atoms. The molecule has 3 aromatic rings. The highest BCUT2D eigenvalue weighted by Crippen LogP contribution is 2.26. The van der Waals surface area contributed by atoms with Crippen molar-refractivity contribution in [2.45, 2.75) is 18.7 Å². The second kappa shape index (κ2) is 6.10. The maximum absolute atomic E-state index is 12.5. The maximum Gasteiger partial charge on any atom is 0.263 e. The number of sulfonamides is 1. The van der Waals surface area contributed by atoms with E-state index in [-0.39, 0.29) is 4.90 Å². The van der Waals surface area contributed by atoms with Crippen molar-refractivity contribution in [3.8, 4) is 11.4 Å². The Labute approximate surface area is 139 Å². The van der Waals surface area contributed by atoms with E-state index in [2.05, 4.69) is 14.7 Å². The van der Waals surface area contributed by atoms with Crippen LogP contribution in [0.25, 0.3) is 11.4 Å². The van der Waals surface area contributed by atoms with Crippen LogP contribution in [0.3, 0.4) is 0 Å². The Bertz CT molecular complexity index is 935. The summed E-state index contributed by atoms with van der Waals surface area (Å²) in [6.07, 6.45) is 1.67. The fourth-order valence-corrected chi connectivity index (χ4v) is 4.41. The summed E-state index contributed by atoms with van der Waals surface area (Å²) in [6, 6.07) is 10.7. The molecule has 0 fully saturated rings. The number of anilines is 1. The van der Waals surface area contributed by atoms with Crippen molar-refractivity contribution in [2.24, 2.45) is 0 Å². The van der Waals surface area contributed by atoms with E-state index in [1.807, 2.05) is 31.2 Å². The number of aromatic nitrogens is 2. The molecule has 7 heteroatoms. The predicted molar refractivity (Wildman–Crippen MR) is 92.1 cm³/mol. The topological polar surface area (TPSA) is 72.0 Å². The molecule has 0 radical (unpaired) electrons. The normalized spacial score (nSPS) is 11.4. The van der Waals surface area contributed by atoms with Crippen molar-refractivity contribution >= 4 is 26.5 Å². The summed E-state index contributed by atoms with van der Waals surface area (Å²) >= 11 is 1.23. The molecule has 0 unspecified atom stereocenters. The number of hydrogen-bond acceptors (Lipinski definition) is 5. The quantitative estimate of drug-likeness (QED) is 0.784. The number of hydrogen-bond donors (Lipinski definition) is 1. The largest absolute Gasteiger partial charge is 0.263 e. The summed E-state index contributed by atoms with van der Waals surface area (Å²) in [5.74, 6) is 0. The Kier molecular flexibility index (Phi) is 4.14. The summed E-state index contributed by atoms with van der Waals surface area (Å²) in [5.41, 5.74) is 3.08. The van der Waals surface area contributed by atoms with Gasteiger partial charge in [-0.1, -0.05) is 23.8 Å². The molecule has 0 atom stereocenters. The second-order valence-corrected chi connectivity index (χ2v) is 7.64. The molecule has 1 N–H and O–H groups in total. The molecule has 3 rings (SSSR count). The first-order chi connectivity index (χ1) is 11.0. The van der Waals surface area contributed by atoms with Gasteiger partial charge >= 0.3 is 0 Å². The van der Waals surface area contributed by atoms with E-state index in [1.54, 1.807) is 30.6 Å². The van der Waals surface area contributed by atoms with Gasteiger partial charge in [-0.2, -0.15) is 0 Å². The molecule has 2 heterocycles. The lowest BCUT2D eigenvalue weighted by Gasteiger charge is -2.08. The molecule has 0 saturated carbocycles. The average molecular weight is 345 g/mol. The highest BCUT2D eigenvalue weighted by atomic mass is 32.2. The summed E-state index contributed by atoms with van der Waals surface area (Å²) in [4.78, 5) is 8.77. The Balaban J connectivity index is 1.88. The van der Waals surface area contributed by atoms with Crippen LogP contribution >= 0.6 is 11.3 Å².